The third-order valence-electron chi connectivity index (χ3n) is 5.19. The van der Waals surface area contributed by atoms with Gasteiger partial charge in [-0.3, -0.25) is 0 Å². The quantitative estimate of drug-likeness (QED) is 0.127. The number of aromatic nitrogens is 1. The van der Waals surface area contributed by atoms with Gasteiger partial charge in [0.25, 0.3) is 12.6 Å². The van der Waals surface area contributed by atoms with E-state index in [0.717, 1.165) is 12.4 Å². The average molecular weight is 489 g/mol. The predicted molar refractivity (Wildman–Crippen MR) is 109 cm³/mol. The average Bonchev–Trinajstić information content (AvgIpc) is 2.84. The van der Waals surface area contributed by atoms with Crippen LogP contribution in [0, 0.1) is 0 Å². The van der Waals surface area contributed by atoms with E-state index in [1.165, 1.54) is 0 Å². The maximum absolute atomic E-state index is 9.91. The molecule has 8 N–H and O–H groups in total. The monoisotopic (exact) mass is 489 g/mol. The molecule has 0 aliphatic carbocycles. The highest BCUT2D eigenvalue weighted by Crippen LogP contribution is 2.23. The van der Waals surface area contributed by atoms with E-state index in [-0.39, 0.29) is 11.4 Å². The molecule has 3 heterocycles. The van der Waals surface area contributed by atoms with Crippen molar-refractivity contribution in [3.05, 3.63) is 29.6 Å². The van der Waals surface area contributed by atoms with Gasteiger partial charge in [-0.2, -0.15) is 0 Å². The van der Waals surface area contributed by atoms with E-state index >= 15 is 0 Å². The Balaban J connectivity index is 1.56. The lowest BCUT2D eigenvalue weighted by Crippen LogP contribution is -2.58. The molecule has 2 saturated heterocycles. The first-order chi connectivity index (χ1) is 16.3. The SMILES string of the molecule is OC[C@H]1O[C@@H](O/N=C\c2cccc(/C=N/O[C@@H]3O[C@H](CO)[C@@H](O)[C@H](O)[C@H]3O)n2)[C@H](O)[C@@H](O)[C@@H]1O. The van der Waals surface area contributed by atoms with Crippen LogP contribution in [0.2, 0.25) is 0 Å². The van der Waals surface area contributed by atoms with E-state index in [4.69, 9.17) is 19.1 Å². The topological polar surface area (TPSA) is 236 Å². The van der Waals surface area contributed by atoms with Gasteiger partial charge in [-0.1, -0.05) is 16.4 Å². The predicted octanol–water partition coefficient (Wildman–Crippen LogP) is -4.62. The zero-order chi connectivity index (χ0) is 24.8. The molecule has 2 aliphatic rings. The molecule has 34 heavy (non-hydrogen) atoms. The number of aliphatic hydroxyl groups is 8. The lowest BCUT2D eigenvalue weighted by molar-refractivity contribution is -0.301. The van der Waals surface area contributed by atoms with Crippen LogP contribution in [-0.4, -0.2) is 133 Å². The minimum Gasteiger partial charge on any atom is -0.394 e. The van der Waals surface area contributed by atoms with Crippen LogP contribution in [0.3, 0.4) is 0 Å². The van der Waals surface area contributed by atoms with Crippen molar-refractivity contribution in [2.24, 2.45) is 10.3 Å². The van der Waals surface area contributed by atoms with Crippen LogP contribution in [0.4, 0.5) is 0 Å². The van der Waals surface area contributed by atoms with Crippen molar-refractivity contribution in [2.75, 3.05) is 13.2 Å². The van der Waals surface area contributed by atoms with Crippen molar-refractivity contribution in [1.29, 1.82) is 0 Å². The Bertz CT molecular complexity index is 777. The fourth-order valence-electron chi connectivity index (χ4n) is 3.21. The van der Waals surface area contributed by atoms with Crippen LogP contribution in [-0.2, 0) is 19.1 Å². The summed E-state index contributed by atoms with van der Waals surface area (Å²) < 4.78 is 10.3. The molecule has 0 saturated carbocycles. The maximum Gasteiger partial charge on any atom is 0.256 e. The number of oxime groups is 2. The summed E-state index contributed by atoms with van der Waals surface area (Å²) in [6.07, 6.45) is -12.3. The Labute approximate surface area is 192 Å². The van der Waals surface area contributed by atoms with Gasteiger partial charge < -0.3 is 60.0 Å². The molecular weight excluding hydrogens is 462 g/mol. The first-order valence-electron chi connectivity index (χ1n) is 10.2. The van der Waals surface area contributed by atoms with Crippen LogP contribution in [0.25, 0.3) is 0 Å². The number of pyridine rings is 1. The molecule has 2 aliphatic heterocycles. The fourth-order valence-corrected chi connectivity index (χ4v) is 3.21. The Hall–Kier alpha value is -2.31. The second kappa shape index (κ2) is 11.9. The second-order valence-corrected chi connectivity index (χ2v) is 7.56. The Morgan fingerprint density at radius 3 is 1.50 bits per heavy atom. The van der Waals surface area contributed by atoms with Crippen molar-refractivity contribution < 1.29 is 60.0 Å². The summed E-state index contributed by atoms with van der Waals surface area (Å²) in [7, 11) is 0. The Morgan fingerprint density at radius 2 is 1.12 bits per heavy atom. The number of ether oxygens (including phenoxy) is 2. The Kier molecular flexibility index (Phi) is 9.20. The maximum atomic E-state index is 9.91. The van der Waals surface area contributed by atoms with Gasteiger partial charge in [0.1, 0.15) is 48.8 Å². The molecule has 15 heteroatoms. The van der Waals surface area contributed by atoms with Crippen LogP contribution >= 0.6 is 0 Å². The summed E-state index contributed by atoms with van der Waals surface area (Å²) in [5.74, 6) is 0. The minimum absolute atomic E-state index is 0.279. The highest BCUT2D eigenvalue weighted by Gasteiger charge is 2.46. The lowest BCUT2D eigenvalue weighted by atomic mass is 9.99. The summed E-state index contributed by atoms with van der Waals surface area (Å²) in [5.41, 5.74) is 0.558. The van der Waals surface area contributed by atoms with E-state index in [2.05, 4.69) is 15.3 Å². The molecule has 0 amide bonds. The first kappa shape index (κ1) is 26.3. The molecule has 0 radical (unpaired) electrons. The third-order valence-corrected chi connectivity index (χ3v) is 5.19. The molecule has 190 valence electrons. The smallest absolute Gasteiger partial charge is 0.256 e. The van der Waals surface area contributed by atoms with Gasteiger partial charge in [-0.15, -0.1) is 0 Å². The number of hydrogen-bond donors (Lipinski definition) is 8. The summed E-state index contributed by atoms with van der Waals surface area (Å²) >= 11 is 0. The van der Waals surface area contributed by atoms with Crippen LogP contribution in [0.15, 0.2) is 28.5 Å². The number of rotatable bonds is 8. The molecule has 0 aromatic carbocycles. The lowest BCUT2D eigenvalue weighted by Gasteiger charge is -2.38. The molecule has 1 aromatic heterocycles. The van der Waals surface area contributed by atoms with E-state index in [1.54, 1.807) is 18.2 Å². The van der Waals surface area contributed by atoms with Crippen molar-refractivity contribution in [3.8, 4) is 0 Å². The normalized spacial score (nSPS) is 38.9. The van der Waals surface area contributed by atoms with Crippen LogP contribution < -0.4 is 0 Å². The summed E-state index contributed by atoms with van der Waals surface area (Å²) in [6, 6.07) is 4.70. The second-order valence-electron chi connectivity index (χ2n) is 7.56. The summed E-state index contributed by atoms with van der Waals surface area (Å²) in [4.78, 5) is 14.2. The molecule has 15 nitrogen and oxygen atoms in total. The highest BCUT2D eigenvalue weighted by atomic mass is 16.8. The minimum atomic E-state index is -1.61. The fraction of sp³-hybridized carbons (Fsp3) is 0.632. The van der Waals surface area contributed by atoms with Crippen LogP contribution in [0.5, 0.6) is 0 Å². The summed E-state index contributed by atoms with van der Waals surface area (Å²) in [5, 5.41) is 84.4. The number of nitrogens with zero attached hydrogens (tertiary/aromatic N) is 3. The molecule has 0 unspecified atom stereocenters. The first-order valence-corrected chi connectivity index (χ1v) is 10.2. The molecular formula is C19H27N3O12. The summed E-state index contributed by atoms with van der Waals surface area (Å²) in [6.45, 7) is -1.22. The van der Waals surface area contributed by atoms with Gasteiger partial charge in [-0.25, -0.2) is 4.98 Å². The number of hydrogen-bond acceptors (Lipinski definition) is 15. The van der Waals surface area contributed by atoms with E-state index < -0.39 is 74.6 Å². The number of aliphatic hydroxyl groups excluding tert-OH is 8. The van der Waals surface area contributed by atoms with E-state index in [1.807, 2.05) is 0 Å². The molecule has 0 bridgehead atoms. The highest BCUT2D eigenvalue weighted by molar-refractivity contribution is 5.81. The largest absolute Gasteiger partial charge is 0.394 e. The molecule has 1 aromatic rings. The van der Waals surface area contributed by atoms with Crippen molar-refractivity contribution in [3.63, 3.8) is 0 Å². The van der Waals surface area contributed by atoms with Gasteiger partial charge in [0.05, 0.1) is 37.0 Å². The molecule has 10 atom stereocenters. The third kappa shape index (κ3) is 6.02. The Morgan fingerprint density at radius 1 is 0.706 bits per heavy atom. The van der Waals surface area contributed by atoms with Crippen molar-refractivity contribution in [1.82, 2.24) is 4.98 Å². The molecule has 3 rings (SSSR count). The van der Waals surface area contributed by atoms with Crippen LogP contribution in [0.1, 0.15) is 11.4 Å². The van der Waals surface area contributed by atoms with Gasteiger partial charge in [-0.05, 0) is 12.1 Å². The van der Waals surface area contributed by atoms with Gasteiger partial charge in [0.2, 0.25) is 0 Å². The molecule has 0 spiro atoms. The van der Waals surface area contributed by atoms with Gasteiger partial charge in [0.15, 0.2) is 0 Å². The van der Waals surface area contributed by atoms with E-state index in [0.29, 0.717) is 0 Å². The standard InChI is InChI=1S/C19H27N3O12/c23-6-10-12(25)14(27)16(29)18(31-10)33-20-4-8-2-1-3-9(22-8)5-21-34-19-17(30)15(28)13(26)11(7-24)32-19/h1-5,10-19,23-30H,6-7H2/b20-4-,21-5+/t10-,11-,12-,13-,14+,15+,16-,17-,18+,19+/m1/s1. The van der Waals surface area contributed by atoms with Gasteiger partial charge in [0, 0.05) is 0 Å². The van der Waals surface area contributed by atoms with Crippen molar-refractivity contribution >= 4 is 12.4 Å². The zero-order valence-corrected chi connectivity index (χ0v) is 17.6. The zero-order valence-electron chi connectivity index (χ0n) is 17.6. The molecule has 2 fully saturated rings. The van der Waals surface area contributed by atoms with Crippen molar-refractivity contribution in [2.45, 2.75) is 61.4 Å². The van der Waals surface area contributed by atoms with E-state index in [9.17, 15) is 40.9 Å². The van der Waals surface area contributed by atoms with Gasteiger partial charge >= 0.3 is 0 Å².